The zero-order valence-electron chi connectivity index (χ0n) is 13.6. The minimum Gasteiger partial charge on any atom is -0.464 e. The molecule has 1 aliphatic heterocycles. The summed E-state index contributed by atoms with van der Waals surface area (Å²) in [6, 6.07) is 10.3. The van der Waals surface area contributed by atoms with E-state index < -0.39 is 0 Å². The van der Waals surface area contributed by atoms with Gasteiger partial charge in [-0.15, -0.1) is 11.6 Å². The summed E-state index contributed by atoms with van der Waals surface area (Å²) in [6.45, 7) is 5.50. The number of hydrogen-bond donors (Lipinski definition) is 0. The number of rotatable bonds is 4. The highest BCUT2D eigenvalue weighted by Crippen LogP contribution is 2.49. The maximum atomic E-state index is 11.5. The second-order valence-electron chi connectivity index (χ2n) is 6.60. The first-order chi connectivity index (χ1) is 11.1. The van der Waals surface area contributed by atoms with Crippen LogP contribution in [0.25, 0.3) is 0 Å². The number of carbonyl (C=O) groups excluding carboxylic acids is 1. The summed E-state index contributed by atoms with van der Waals surface area (Å²) in [5.41, 5.74) is 2.51. The molecule has 1 aromatic rings. The van der Waals surface area contributed by atoms with Crippen molar-refractivity contribution >= 4 is 17.6 Å². The van der Waals surface area contributed by atoms with Gasteiger partial charge in [0.15, 0.2) is 0 Å². The van der Waals surface area contributed by atoms with Crippen LogP contribution in [0.4, 0.5) is 0 Å². The molecule has 0 radical (unpaired) electrons. The topological polar surface area (TPSA) is 35.5 Å². The molecule has 124 valence electrons. The molecule has 0 saturated carbocycles. The Kier molecular flexibility index (Phi) is 5.08. The lowest BCUT2D eigenvalue weighted by Gasteiger charge is -2.48. The Morgan fingerprint density at radius 2 is 2.09 bits per heavy atom. The van der Waals surface area contributed by atoms with Gasteiger partial charge in [0, 0.05) is 11.8 Å². The van der Waals surface area contributed by atoms with Crippen LogP contribution in [0.3, 0.4) is 0 Å². The molecule has 0 aromatic heterocycles. The Balaban J connectivity index is 1.88. The van der Waals surface area contributed by atoms with Gasteiger partial charge >= 0.3 is 5.97 Å². The van der Waals surface area contributed by atoms with E-state index in [1.165, 1.54) is 11.1 Å². The minimum absolute atomic E-state index is 0.0240. The summed E-state index contributed by atoms with van der Waals surface area (Å²) >= 11 is 5.56. The molecule has 1 saturated heterocycles. The number of ether oxygens (including phenoxy) is 2. The molecule has 1 aromatic carbocycles. The fourth-order valence-corrected chi connectivity index (χ4v) is 4.18. The standard InChI is InChI=1S/C19H23ClO3/c1-12-8-13(2)18-16(11-22-17(21)9-20)15(12)10-23-19(18)14-6-4-3-5-7-14/h3-8,12,15-16,18-19H,9-11H2,1-2H3/t12-,15-,16+,18+,19+/m1/s1. The molecular weight excluding hydrogens is 312 g/mol. The van der Waals surface area contributed by atoms with Gasteiger partial charge in [-0.25, -0.2) is 0 Å². The van der Waals surface area contributed by atoms with E-state index >= 15 is 0 Å². The smallest absolute Gasteiger partial charge is 0.320 e. The molecule has 23 heavy (non-hydrogen) atoms. The number of halogens is 1. The van der Waals surface area contributed by atoms with Crippen molar-refractivity contribution in [1.29, 1.82) is 0 Å². The van der Waals surface area contributed by atoms with Crippen molar-refractivity contribution in [2.24, 2.45) is 23.7 Å². The molecule has 0 spiro atoms. The third-order valence-corrected chi connectivity index (χ3v) is 5.42. The Hall–Kier alpha value is -1.32. The lowest BCUT2D eigenvalue weighted by atomic mass is 9.64. The summed E-state index contributed by atoms with van der Waals surface area (Å²) in [4.78, 5) is 11.5. The number of benzene rings is 1. The third kappa shape index (κ3) is 3.31. The van der Waals surface area contributed by atoms with Crippen molar-refractivity contribution in [1.82, 2.24) is 0 Å². The van der Waals surface area contributed by atoms with E-state index in [-0.39, 0.29) is 29.8 Å². The predicted octanol–water partition coefficient (Wildman–Crippen LogP) is 3.98. The van der Waals surface area contributed by atoms with Gasteiger partial charge in [-0.1, -0.05) is 48.9 Å². The Morgan fingerprint density at radius 1 is 1.35 bits per heavy atom. The van der Waals surface area contributed by atoms with Gasteiger partial charge in [-0.2, -0.15) is 0 Å². The predicted molar refractivity (Wildman–Crippen MR) is 90.2 cm³/mol. The fourth-order valence-electron chi connectivity index (χ4n) is 4.10. The number of hydrogen-bond acceptors (Lipinski definition) is 3. The molecule has 0 unspecified atom stereocenters. The quantitative estimate of drug-likeness (QED) is 0.474. The van der Waals surface area contributed by atoms with Crippen molar-refractivity contribution in [2.75, 3.05) is 19.1 Å². The van der Waals surface area contributed by atoms with Crippen LogP contribution in [0, 0.1) is 23.7 Å². The van der Waals surface area contributed by atoms with E-state index in [2.05, 4.69) is 32.1 Å². The molecule has 0 amide bonds. The molecule has 3 nitrogen and oxygen atoms in total. The minimum atomic E-state index is -0.346. The Bertz CT molecular complexity index is 584. The summed E-state index contributed by atoms with van der Waals surface area (Å²) in [6.07, 6.45) is 2.38. The number of fused-ring (bicyclic) bond motifs is 2. The zero-order chi connectivity index (χ0) is 16.4. The van der Waals surface area contributed by atoms with Gasteiger partial charge in [0.25, 0.3) is 0 Å². The Labute approximate surface area is 142 Å². The van der Waals surface area contributed by atoms with Gasteiger partial charge < -0.3 is 9.47 Å². The summed E-state index contributed by atoms with van der Waals surface area (Å²) in [5.74, 6) is 0.901. The van der Waals surface area contributed by atoms with Gasteiger partial charge in [-0.3, -0.25) is 4.79 Å². The van der Waals surface area contributed by atoms with Crippen LogP contribution in [0.1, 0.15) is 25.5 Å². The van der Waals surface area contributed by atoms with E-state index in [0.717, 1.165) is 0 Å². The third-order valence-electron chi connectivity index (χ3n) is 5.21. The van der Waals surface area contributed by atoms with Gasteiger partial charge in [0.05, 0.1) is 19.3 Å². The van der Waals surface area contributed by atoms with E-state index in [9.17, 15) is 4.79 Å². The molecule has 2 aliphatic rings. The number of allylic oxidation sites excluding steroid dienone is 1. The van der Waals surface area contributed by atoms with E-state index in [1.807, 2.05) is 18.2 Å². The molecule has 5 atom stereocenters. The van der Waals surface area contributed by atoms with Crippen LogP contribution in [0.15, 0.2) is 42.0 Å². The monoisotopic (exact) mass is 334 g/mol. The van der Waals surface area contributed by atoms with E-state index in [4.69, 9.17) is 21.1 Å². The van der Waals surface area contributed by atoms with E-state index in [1.54, 1.807) is 0 Å². The molecule has 1 aliphatic carbocycles. The summed E-state index contributed by atoms with van der Waals surface area (Å²) in [7, 11) is 0. The first-order valence-electron chi connectivity index (χ1n) is 8.18. The van der Waals surface area contributed by atoms with Gasteiger partial charge in [0.1, 0.15) is 5.88 Å². The van der Waals surface area contributed by atoms with Crippen LogP contribution in [0.2, 0.25) is 0 Å². The molecule has 1 heterocycles. The number of alkyl halides is 1. The number of carbonyl (C=O) groups is 1. The molecule has 1 fully saturated rings. The number of esters is 1. The van der Waals surface area contributed by atoms with E-state index in [0.29, 0.717) is 25.0 Å². The summed E-state index contributed by atoms with van der Waals surface area (Å²) in [5, 5.41) is 0. The van der Waals surface area contributed by atoms with Crippen LogP contribution in [0.5, 0.6) is 0 Å². The van der Waals surface area contributed by atoms with Crippen molar-refractivity contribution in [3.63, 3.8) is 0 Å². The maximum absolute atomic E-state index is 11.5. The van der Waals surface area contributed by atoms with Crippen LogP contribution >= 0.6 is 11.6 Å². The fraction of sp³-hybridized carbons (Fsp3) is 0.526. The van der Waals surface area contributed by atoms with Crippen molar-refractivity contribution < 1.29 is 14.3 Å². The Morgan fingerprint density at radius 3 is 2.78 bits per heavy atom. The molecule has 3 rings (SSSR count). The second kappa shape index (κ2) is 7.06. The highest BCUT2D eigenvalue weighted by atomic mass is 35.5. The normalized spacial score (nSPS) is 33.0. The molecule has 0 N–H and O–H groups in total. The van der Waals surface area contributed by atoms with Gasteiger partial charge in [0.2, 0.25) is 0 Å². The first-order valence-corrected chi connectivity index (χ1v) is 8.71. The van der Waals surface area contributed by atoms with Crippen LogP contribution in [-0.4, -0.2) is 25.1 Å². The average molecular weight is 335 g/mol. The lowest BCUT2D eigenvalue weighted by Crippen LogP contribution is -2.46. The average Bonchev–Trinajstić information content (AvgIpc) is 2.58. The van der Waals surface area contributed by atoms with Crippen LogP contribution in [-0.2, 0) is 14.3 Å². The SMILES string of the molecule is CC1=C[C@@H](C)[C@H]2CO[C@@H](c3ccccc3)[C@@H]1[C@H]2COC(=O)CCl. The van der Waals surface area contributed by atoms with Crippen molar-refractivity contribution in [3.8, 4) is 0 Å². The molecule has 4 heteroatoms. The van der Waals surface area contributed by atoms with Crippen LogP contribution < -0.4 is 0 Å². The summed E-state index contributed by atoms with van der Waals surface area (Å²) < 4.78 is 11.6. The highest BCUT2D eigenvalue weighted by Gasteiger charge is 2.46. The van der Waals surface area contributed by atoms with Crippen molar-refractivity contribution in [3.05, 3.63) is 47.5 Å². The lowest BCUT2D eigenvalue weighted by molar-refractivity contribution is -0.152. The largest absolute Gasteiger partial charge is 0.464 e. The maximum Gasteiger partial charge on any atom is 0.320 e. The second-order valence-corrected chi connectivity index (χ2v) is 6.87. The molecular formula is C19H23ClO3. The van der Waals surface area contributed by atoms with Gasteiger partial charge in [-0.05, 0) is 24.3 Å². The first kappa shape index (κ1) is 16.5. The molecule has 2 bridgehead atoms. The highest BCUT2D eigenvalue weighted by molar-refractivity contribution is 6.26. The van der Waals surface area contributed by atoms with Crippen molar-refractivity contribution in [2.45, 2.75) is 20.0 Å². The zero-order valence-corrected chi connectivity index (χ0v) is 14.3.